The van der Waals surface area contributed by atoms with Gasteiger partial charge >= 0.3 is 11.9 Å². The highest BCUT2D eigenvalue weighted by Crippen LogP contribution is 2.17. The molecule has 0 aromatic rings. The van der Waals surface area contributed by atoms with Crippen molar-refractivity contribution in [2.75, 3.05) is 13.2 Å². The Kier molecular flexibility index (Phi) is 37.3. The van der Waals surface area contributed by atoms with Crippen LogP contribution in [-0.4, -0.2) is 36.4 Å². The van der Waals surface area contributed by atoms with E-state index in [4.69, 9.17) is 9.47 Å². The lowest BCUT2D eigenvalue weighted by Crippen LogP contribution is -2.25. The minimum atomic E-state index is -0.956. The van der Waals surface area contributed by atoms with Crippen LogP contribution in [0.3, 0.4) is 0 Å². The molecular weight excluding hydrogens is 608 g/mol. The number of carbonyl (C=O) groups is 2. The third kappa shape index (κ3) is 41.2. The number of aliphatic hydroxyl groups excluding tert-OH is 1. The van der Waals surface area contributed by atoms with E-state index >= 15 is 0 Å². The second-order valence-corrected chi connectivity index (χ2v) is 16.1. The lowest BCUT2D eigenvalue weighted by atomic mass is 10.0. The zero-order valence-corrected chi connectivity index (χ0v) is 33.6. The van der Waals surface area contributed by atoms with Crippen molar-refractivity contribution in [3.8, 4) is 0 Å². The molecule has 0 unspecified atom stereocenters. The molecule has 0 bridgehead atoms. The quantitative estimate of drug-likeness (QED) is 0.0512. The number of ether oxygens (including phenoxy) is 2. The van der Waals surface area contributed by atoms with Gasteiger partial charge in [0.05, 0.1) is 0 Å². The number of rotatable bonds is 39. The normalized spacial score (nSPS) is 12.2. The molecule has 0 saturated heterocycles. The van der Waals surface area contributed by atoms with Crippen molar-refractivity contribution >= 4 is 11.9 Å². The first-order chi connectivity index (χ1) is 23.8. The van der Waals surface area contributed by atoms with Crippen molar-refractivity contribution < 1.29 is 24.2 Å². The van der Waals surface area contributed by atoms with E-state index in [1.54, 1.807) is 0 Å². The van der Waals surface area contributed by atoms with Gasteiger partial charge in [-0.05, 0) is 24.7 Å². The van der Waals surface area contributed by atoms with Gasteiger partial charge in [-0.25, -0.2) is 0 Å². The Morgan fingerprint density at radius 1 is 0.367 bits per heavy atom. The number of unbranched alkanes of at least 4 members (excludes halogenated alkanes) is 27. The van der Waals surface area contributed by atoms with Gasteiger partial charge in [0.25, 0.3) is 0 Å². The van der Waals surface area contributed by atoms with Crippen LogP contribution in [-0.2, 0) is 19.1 Å². The largest absolute Gasteiger partial charge is 0.463 e. The summed E-state index contributed by atoms with van der Waals surface area (Å²) in [7, 11) is 0. The summed E-state index contributed by atoms with van der Waals surface area (Å²) < 4.78 is 10.4. The monoisotopic (exact) mass is 695 g/mol. The zero-order chi connectivity index (χ0) is 36.0. The van der Waals surface area contributed by atoms with Gasteiger partial charge in [-0.3, -0.25) is 9.59 Å². The number of hydrogen-bond donors (Lipinski definition) is 1. The number of esters is 2. The summed E-state index contributed by atoms with van der Waals surface area (Å²) in [6.07, 6.45) is 40.3. The minimum absolute atomic E-state index is 0.108. The molecule has 0 rings (SSSR count). The maximum Gasteiger partial charge on any atom is 0.305 e. The molecule has 0 aliphatic carbocycles. The van der Waals surface area contributed by atoms with E-state index in [-0.39, 0.29) is 25.2 Å². The van der Waals surface area contributed by atoms with E-state index in [9.17, 15) is 14.7 Å². The zero-order valence-electron chi connectivity index (χ0n) is 33.6. The van der Waals surface area contributed by atoms with Crippen molar-refractivity contribution in [2.24, 2.45) is 11.8 Å². The van der Waals surface area contributed by atoms with Crippen LogP contribution >= 0.6 is 0 Å². The first-order valence-corrected chi connectivity index (χ1v) is 21.8. The minimum Gasteiger partial charge on any atom is -0.463 e. The Balaban J connectivity index is 3.35. The van der Waals surface area contributed by atoms with Gasteiger partial charge in [-0.15, -0.1) is 0 Å². The molecule has 0 aliphatic rings. The Labute approximate surface area is 306 Å². The molecule has 0 amide bonds. The number of aliphatic hydroxyl groups is 1. The van der Waals surface area contributed by atoms with Gasteiger partial charge in [-0.2, -0.15) is 0 Å². The summed E-state index contributed by atoms with van der Waals surface area (Å²) in [5.74, 6) is 1.15. The summed E-state index contributed by atoms with van der Waals surface area (Å²) in [4.78, 5) is 24.0. The summed E-state index contributed by atoms with van der Waals surface area (Å²) in [5, 5.41) is 10.0. The van der Waals surface area contributed by atoms with Crippen LogP contribution in [0, 0.1) is 11.8 Å². The maximum atomic E-state index is 12.0. The van der Waals surface area contributed by atoms with Crippen LogP contribution < -0.4 is 0 Å². The molecule has 0 aromatic heterocycles. The van der Waals surface area contributed by atoms with Gasteiger partial charge in [0.1, 0.15) is 19.3 Å². The summed E-state index contributed by atoms with van der Waals surface area (Å²) in [5.41, 5.74) is 0. The molecule has 0 aliphatic heterocycles. The van der Waals surface area contributed by atoms with Gasteiger partial charge in [-0.1, -0.05) is 214 Å². The molecule has 0 saturated carbocycles. The van der Waals surface area contributed by atoms with Crippen LogP contribution in [0.5, 0.6) is 0 Å². The molecule has 0 aromatic carbocycles. The van der Waals surface area contributed by atoms with Crippen molar-refractivity contribution in [1.29, 1.82) is 0 Å². The Morgan fingerprint density at radius 2 is 0.571 bits per heavy atom. The van der Waals surface area contributed by atoms with Gasteiger partial charge < -0.3 is 14.6 Å². The molecule has 0 radical (unpaired) electrons. The highest BCUT2D eigenvalue weighted by molar-refractivity contribution is 5.69. The molecule has 49 heavy (non-hydrogen) atoms. The van der Waals surface area contributed by atoms with Crippen molar-refractivity contribution in [1.82, 2.24) is 0 Å². The van der Waals surface area contributed by atoms with Crippen LogP contribution in [0.4, 0.5) is 0 Å². The Morgan fingerprint density at radius 3 is 0.796 bits per heavy atom. The van der Waals surface area contributed by atoms with E-state index < -0.39 is 6.10 Å². The Bertz CT molecular complexity index is 691. The second-order valence-electron chi connectivity index (χ2n) is 16.1. The first-order valence-electron chi connectivity index (χ1n) is 21.8. The average Bonchev–Trinajstić information content (AvgIpc) is 3.07. The van der Waals surface area contributed by atoms with Crippen LogP contribution in [0.15, 0.2) is 0 Å². The van der Waals surface area contributed by atoms with E-state index in [1.165, 1.54) is 173 Å². The van der Waals surface area contributed by atoms with Crippen molar-refractivity contribution in [2.45, 2.75) is 246 Å². The lowest BCUT2D eigenvalue weighted by Gasteiger charge is -2.12. The number of carbonyl (C=O) groups excluding carboxylic acids is 2. The van der Waals surface area contributed by atoms with E-state index in [0.717, 1.165) is 37.5 Å². The van der Waals surface area contributed by atoms with Crippen LogP contribution in [0.1, 0.15) is 240 Å². The van der Waals surface area contributed by atoms with Crippen molar-refractivity contribution in [3.63, 3.8) is 0 Å². The SMILES string of the molecule is CC(C)CCCCCCCCCCCCCCCCCCCCC(=O)OC[C@@H](O)COC(=O)CCCCCCCCCCCCCC(C)C. The molecule has 5 heteroatoms. The summed E-state index contributed by atoms with van der Waals surface area (Å²) >= 11 is 0. The van der Waals surface area contributed by atoms with Crippen molar-refractivity contribution in [3.05, 3.63) is 0 Å². The molecule has 0 fully saturated rings. The molecule has 292 valence electrons. The molecule has 5 nitrogen and oxygen atoms in total. The highest BCUT2D eigenvalue weighted by Gasteiger charge is 2.12. The van der Waals surface area contributed by atoms with Crippen LogP contribution in [0.25, 0.3) is 0 Å². The smallest absolute Gasteiger partial charge is 0.305 e. The average molecular weight is 695 g/mol. The fourth-order valence-corrected chi connectivity index (χ4v) is 6.63. The van der Waals surface area contributed by atoms with Gasteiger partial charge in [0, 0.05) is 12.8 Å². The lowest BCUT2D eigenvalue weighted by molar-refractivity contribution is -0.152. The molecule has 0 heterocycles. The van der Waals surface area contributed by atoms with E-state index in [1.807, 2.05) is 0 Å². The highest BCUT2D eigenvalue weighted by atomic mass is 16.6. The summed E-state index contributed by atoms with van der Waals surface area (Å²) in [6.45, 7) is 9.04. The molecule has 1 atom stereocenters. The van der Waals surface area contributed by atoms with Gasteiger partial charge in [0.15, 0.2) is 0 Å². The third-order valence-corrected chi connectivity index (χ3v) is 9.95. The molecular formula is C44H86O5. The van der Waals surface area contributed by atoms with Crippen LogP contribution in [0.2, 0.25) is 0 Å². The topological polar surface area (TPSA) is 72.8 Å². The predicted molar refractivity (Wildman–Crippen MR) is 210 cm³/mol. The predicted octanol–water partition coefficient (Wildman–Crippen LogP) is 13.6. The molecule has 1 N–H and O–H groups in total. The maximum absolute atomic E-state index is 12.0. The summed E-state index contributed by atoms with van der Waals surface area (Å²) in [6, 6.07) is 0. The van der Waals surface area contributed by atoms with E-state index in [0.29, 0.717) is 12.8 Å². The van der Waals surface area contributed by atoms with E-state index in [2.05, 4.69) is 27.7 Å². The Hall–Kier alpha value is -1.10. The standard InChI is InChI=1S/C44H86O5/c1-40(2)34-30-26-22-18-14-11-9-7-5-6-8-10-12-16-20-24-28-32-36-43(46)48-38-42(45)39-49-44(47)37-33-29-25-21-17-13-15-19-23-27-31-35-41(3)4/h40-42,45H,5-39H2,1-4H3/t42-/m1/s1. The fourth-order valence-electron chi connectivity index (χ4n) is 6.63. The molecule has 0 spiro atoms. The fraction of sp³-hybridized carbons (Fsp3) is 0.955. The number of hydrogen-bond acceptors (Lipinski definition) is 5. The first kappa shape index (κ1) is 47.9. The third-order valence-electron chi connectivity index (χ3n) is 9.95. The second kappa shape index (κ2) is 38.1. The van der Waals surface area contributed by atoms with Gasteiger partial charge in [0.2, 0.25) is 0 Å².